The molecule has 0 bridgehead atoms. The first-order valence-corrected chi connectivity index (χ1v) is 6.30. The van der Waals surface area contributed by atoms with Gasteiger partial charge in [0.25, 0.3) is 0 Å². The number of aliphatic carboxylic acids is 1. The molecule has 98 valence electrons. The topological polar surface area (TPSA) is 69.6 Å². The van der Waals surface area contributed by atoms with Gasteiger partial charge in [-0.2, -0.15) is 0 Å². The van der Waals surface area contributed by atoms with Gasteiger partial charge < -0.3 is 15.3 Å². The van der Waals surface area contributed by atoms with E-state index in [1.165, 1.54) is 0 Å². The fourth-order valence-corrected chi connectivity index (χ4v) is 2.02. The number of carboxylic acid groups (broad SMARTS) is 1. The average molecular weight is 242 g/mol. The molecule has 17 heavy (non-hydrogen) atoms. The van der Waals surface area contributed by atoms with E-state index in [1.54, 1.807) is 4.90 Å². The van der Waals surface area contributed by atoms with Crippen molar-refractivity contribution in [3.05, 3.63) is 0 Å². The Labute approximate surface area is 102 Å². The SMILES string of the molecule is CCC(C)CNC(=O)N1CCCC1CC(=O)O. The van der Waals surface area contributed by atoms with Crippen LogP contribution in [-0.4, -0.2) is 41.1 Å². The number of nitrogens with zero attached hydrogens (tertiary/aromatic N) is 1. The van der Waals surface area contributed by atoms with Crippen LogP contribution in [0.2, 0.25) is 0 Å². The van der Waals surface area contributed by atoms with Crippen molar-refractivity contribution in [2.24, 2.45) is 5.92 Å². The van der Waals surface area contributed by atoms with E-state index in [0.717, 1.165) is 19.3 Å². The molecule has 0 aromatic carbocycles. The minimum absolute atomic E-state index is 0.0523. The van der Waals surface area contributed by atoms with Crippen LogP contribution in [0.25, 0.3) is 0 Å². The van der Waals surface area contributed by atoms with Crippen molar-refractivity contribution >= 4 is 12.0 Å². The largest absolute Gasteiger partial charge is 0.481 e. The number of hydrogen-bond acceptors (Lipinski definition) is 2. The lowest BCUT2D eigenvalue weighted by Gasteiger charge is -2.24. The monoisotopic (exact) mass is 242 g/mol. The first-order valence-electron chi connectivity index (χ1n) is 6.30. The summed E-state index contributed by atoms with van der Waals surface area (Å²) in [6.07, 6.45) is 2.77. The lowest BCUT2D eigenvalue weighted by Crippen LogP contribution is -2.44. The molecule has 2 atom stereocenters. The van der Waals surface area contributed by atoms with Crippen molar-refractivity contribution in [3.8, 4) is 0 Å². The molecule has 0 aromatic heterocycles. The van der Waals surface area contributed by atoms with Gasteiger partial charge in [0.05, 0.1) is 6.42 Å². The lowest BCUT2D eigenvalue weighted by molar-refractivity contribution is -0.137. The van der Waals surface area contributed by atoms with Crippen molar-refractivity contribution in [1.29, 1.82) is 0 Å². The Morgan fingerprint density at radius 3 is 2.82 bits per heavy atom. The first-order chi connectivity index (χ1) is 8.04. The van der Waals surface area contributed by atoms with E-state index in [4.69, 9.17) is 5.11 Å². The predicted octanol–water partition coefficient (Wildman–Crippen LogP) is 1.68. The number of carbonyl (C=O) groups is 2. The van der Waals surface area contributed by atoms with Crippen LogP contribution in [0.5, 0.6) is 0 Å². The van der Waals surface area contributed by atoms with Crippen LogP contribution in [0, 0.1) is 5.92 Å². The van der Waals surface area contributed by atoms with Gasteiger partial charge in [-0.25, -0.2) is 4.79 Å². The van der Waals surface area contributed by atoms with Crippen molar-refractivity contribution in [1.82, 2.24) is 10.2 Å². The van der Waals surface area contributed by atoms with Crippen molar-refractivity contribution in [2.75, 3.05) is 13.1 Å². The van der Waals surface area contributed by atoms with Gasteiger partial charge in [-0.3, -0.25) is 4.79 Å². The first kappa shape index (κ1) is 13.8. The third-order valence-corrected chi connectivity index (χ3v) is 3.35. The van der Waals surface area contributed by atoms with Crippen LogP contribution in [-0.2, 0) is 4.79 Å². The third kappa shape index (κ3) is 4.24. The molecule has 2 amide bonds. The molecular formula is C12H22N2O3. The highest BCUT2D eigenvalue weighted by molar-refractivity contribution is 5.76. The molecule has 5 heteroatoms. The summed E-state index contributed by atoms with van der Waals surface area (Å²) < 4.78 is 0. The second kappa shape index (κ2) is 6.47. The zero-order chi connectivity index (χ0) is 12.8. The Bertz CT molecular complexity index is 281. The van der Waals surface area contributed by atoms with E-state index in [9.17, 15) is 9.59 Å². The van der Waals surface area contributed by atoms with E-state index in [1.807, 2.05) is 0 Å². The maximum Gasteiger partial charge on any atom is 0.317 e. The van der Waals surface area contributed by atoms with E-state index in [2.05, 4.69) is 19.2 Å². The summed E-state index contributed by atoms with van der Waals surface area (Å²) in [7, 11) is 0. The standard InChI is InChI=1S/C12H22N2O3/c1-3-9(2)8-13-12(17)14-6-4-5-10(14)7-11(15)16/h9-10H,3-8H2,1-2H3,(H,13,17)(H,15,16). The van der Waals surface area contributed by atoms with Crippen LogP contribution >= 0.6 is 0 Å². The van der Waals surface area contributed by atoms with E-state index in [-0.39, 0.29) is 18.5 Å². The molecule has 2 unspecified atom stereocenters. The van der Waals surface area contributed by atoms with Crippen LogP contribution < -0.4 is 5.32 Å². The van der Waals surface area contributed by atoms with Gasteiger partial charge in [-0.1, -0.05) is 20.3 Å². The number of rotatable bonds is 5. The maximum atomic E-state index is 11.9. The molecule has 0 radical (unpaired) electrons. The van der Waals surface area contributed by atoms with Crippen LogP contribution in [0.3, 0.4) is 0 Å². The lowest BCUT2D eigenvalue weighted by atomic mass is 10.1. The second-order valence-electron chi connectivity index (χ2n) is 4.79. The molecule has 0 saturated carbocycles. The summed E-state index contributed by atoms with van der Waals surface area (Å²) in [6.45, 7) is 5.49. The zero-order valence-corrected chi connectivity index (χ0v) is 10.6. The fraction of sp³-hybridized carbons (Fsp3) is 0.833. The number of nitrogens with one attached hydrogen (secondary N) is 1. The van der Waals surface area contributed by atoms with Gasteiger partial charge >= 0.3 is 12.0 Å². The number of amides is 2. The molecule has 1 aliphatic heterocycles. The second-order valence-corrected chi connectivity index (χ2v) is 4.79. The number of carboxylic acids is 1. The van der Waals surface area contributed by atoms with Crippen molar-refractivity contribution in [3.63, 3.8) is 0 Å². The third-order valence-electron chi connectivity index (χ3n) is 3.35. The normalized spacial score (nSPS) is 21.3. The Hall–Kier alpha value is -1.26. The summed E-state index contributed by atoms with van der Waals surface area (Å²) >= 11 is 0. The van der Waals surface area contributed by atoms with Gasteiger partial charge in [-0.15, -0.1) is 0 Å². The predicted molar refractivity (Wildman–Crippen MR) is 64.8 cm³/mol. The molecule has 0 aliphatic carbocycles. The Balaban J connectivity index is 2.41. The smallest absolute Gasteiger partial charge is 0.317 e. The summed E-state index contributed by atoms with van der Waals surface area (Å²) in [6, 6.07) is -0.251. The van der Waals surface area contributed by atoms with Crippen LogP contribution in [0.1, 0.15) is 39.5 Å². The van der Waals surface area contributed by atoms with Gasteiger partial charge in [0.15, 0.2) is 0 Å². The maximum absolute atomic E-state index is 11.9. The van der Waals surface area contributed by atoms with E-state index < -0.39 is 5.97 Å². The molecule has 1 rings (SSSR count). The van der Waals surface area contributed by atoms with Crippen LogP contribution in [0.4, 0.5) is 4.79 Å². The van der Waals surface area contributed by atoms with Crippen LogP contribution in [0.15, 0.2) is 0 Å². The summed E-state index contributed by atoms with van der Waals surface area (Å²) in [4.78, 5) is 24.2. The zero-order valence-electron chi connectivity index (χ0n) is 10.6. The van der Waals surface area contributed by atoms with E-state index >= 15 is 0 Å². The van der Waals surface area contributed by atoms with E-state index in [0.29, 0.717) is 19.0 Å². The molecule has 0 aromatic rings. The molecule has 0 spiro atoms. The minimum Gasteiger partial charge on any atom is -0.481 e. The van der Waals surface area contributed by atoms with Gasteiger partial charge in [0.1, 0.15) is 0 Å². The average Bonchev–Trinajstić information content (AvgIpc) is 2.72. The molecule has 1 fully saturated rings. The Morgan fingerprint density at radius 2 is 2.24 bits per heavy atom. The van der Waals surface area contributed by atoms with Crippen molar-refractivity contribution in [2.45, 2.75) is 45.6 Å². The molecular weight excluding hydrogens is 220 g/mol. The Morgan fingerprint density at radius 1 is 1.53 bits per heavy atom. The summed E-state index contributed by atoms with van der Waals surface area (Å²) in [5, 5.41) is 11.6. The Kier molecular flexibility index (Phi) is 5.25. The number of hydrogen-bond donors (Lipinski definition) is 2. The quantitative estimate of drug-likeness (QED) is 0.770. The van der Waals surface area contributed by atoms with Gasteiger partial charge in [-0.05, 0) is 18.8 Å². The number of urea groups is 1. The summed E-state index contributed by atoms with van der Waals surface area (Å²) in [5.41, 5.74) is 0. The molecule has 2 N–H and O–H groups in total. The van der Waals surface area contributed by atoms with Gasteiger partial charge in [0.2, 0.25) is 0 Å². The van der Waals surface area contributed by atoms with Crippen molar-refractivity contribution < 1.29 is 14.7 Å². The molecule has 1 saturated heterocycles. The molecule has 1 heterocycles. The highest BCUT2D eigenvalue weighted by Gasteiger charge is 2.30. The number of carbonyl (C=O) groups excluding carboxylic acids is 1. The number of likely N-dealkylation sites (tertiary alicyclic amines) is 1. The molecule has 5 nitrogen and oxygen atoms in total. The fourth-order valence-electron chi connectivity index (χ4n) is 2.02. The highest BCUT2D eigenvalue weighted by Crippen LogP contribution is 2.20. The highest BCUT2D eigenvalue weighted by atomic mass is 16.4. The summed E-state index contributed by atoms with van der Waals surface area (Å²) in [5.74, 6) is -0.379. The van der Waals surface area contributed by atoms with Gasteiger partial charge in [0, 0.05) is 19.1 Å². The minimum atomic E-state index is -0.836. The molecule has 1 aliphatic rings.